The van der Waals surface area contributed by atoms with Crippen LogP contribution in [0.15, 0.2) is 17.0 Å². The quantitative estimate of drug-likeness (QED) is 0.790. The van der Waals surface area contributed by atoms with Gasteiger partial charge in [-0.15, -0.1) is 0 Å². The lowest BCUT2D eigenvalue weighted by Crippen LogP contribution is -2.49. The van der Waals surface area contributed by atoms with Gasteiger partial charge >= 0.3 is 0 Å². The van der Waals surface area contributed by atoms with E-state index in [2.05, 4.69) is 10.5 Å². The van der Waals surface area contributed by atoms with Gasteiger partial charge in [0, 0.05) is 17.6 Å². The molecule has 1 aromatic rings. The number of aliphatic hydroxyl groups excluding tert-OH is 1. The van der Waals surface area contributed by atoms with Gasteiger partial charge < -0.3 is 14.9 Å². The zero-order valence-electron chi connectivity index (χ0n) is 8.91. The zero-order valence-corrected chi connectivity index (χ0v) is 8.91. The summed E-state index contributed by atoms with van der Waals surface area (Å²) in [6.07, 6.45) is 9.18. The summed E-state index contributed by atoms with van der Waals surface area (Å²) in [5.41, 5.74) is 0.962. The van der Waals surface area contributed by atoms with Crippen LogP contribution in [0.3, 0.4) is 0 Å². The van der Waals surface area contributed by atoms with Crippen molar-refractivity contribution in [2.24, 2.45) is 0 Å². The molecule has 84 valence electrons. The lowest BCUT2D eigenvalue weighted by atomic mass is 9.82. The van der Waals surface area contributed by atoms with Gasteiger partial charge in [0.05, 0.1) is 12.8 Å². The number of hydrogen-bond donors (Lipinski definition) is 2. The minimum Gasteiger partial charge on any atom is -0.394 e. The normalized spacial score (nSPS) is 20.3. The third-order valence-corrected chi connectivity index (χ3v) is 3.26. The topological polar surface area (TPSA) is 58.3 Å². The van der Waals surface area contributed by atoms with Crippen LogP contribution in [0, 0.1) is 0 Å². The first-order valence-corrected chi connectivity index (χ1v) is 5.59. The van der Waals surface area contributed by atoms with Gasteiger partial charge in [0.2, 0.25) is 0 Å². The van der Waals surface area contributed by atoms with Gasteiger partial charge in [-0.3, -0.25) is 0 Å². The van der Waals surface area contributed by atoms with E-state index >= 15 is 0 Å². The number of aliphatic hydroxyl groups is 1. The van der Waals surface area contributed by atoms with E-state index in [1.165, 1.54) is 19.3 Å². The summed E-state index contributed by atoms with van der Waals surface area (Å²) < 4.78 is 4.77. The van der Waals surface area contributed by atoms with Crippen LogP contribution in [0.2, 0.25) is 0 Å². The average molecular weight is 210 g/mol. The number of aromatic nitrogens is 1. The fourth-order valence-electron chi connectivity index (χ4n) is 2.22. The van der Waals surface area contributed by atoms with Crippen molar-refractivity contribution in [3.05, 3.63) is 18.0 Å². The number of rotatable bonds is 4. The van der Waals surface area contributed by atoms with Crippen LogP contribution in [0.1, 0.15) is 37.7 Å². The summed E-state index contributed by atoms with van der Waals surface area (Å²) in [6, 6.07) is 0. The van der Waals surface area contributed by atoms with E-state index in [1.54, 1.807) is 12.5 Å². The van der Waals surface area contributed by atoms with Crippen molar-refractivity contribution in [2.45, 2.75) is 44.2 Å². The molecule has 1 saturated carbocycles. The molecule has 4 heteroatoms. The number of hydrogen-bond acceptors (Lipinski definition) is 4. The molecule has 0 aromatic carbocycles. The maximum Gasteiger partial charge on any atom is 0.128 e. The molecule has 1 aromatic heterocycles. The second-order valence-corrected chi connectivity index (χ2v) is 4.39. The van der Waals surface area contributed by atoms with E-state index in [0.29, 0.717) is 0 Å². The van der Waals surface area contributed by atoms with E-state index in [4.69, 9.17) is 4.52 Å². The highest BCUT2D eigenvalue weighted by molar-refractivity contribution is 5.02. The minimum atomic E-state index is -0.0739. The fourth-order valence-corrected chi connectivity index (χ4v) is 2.22. The first-order chi connectivity index (χ1) is 7.35. The van der Waals surface area contributed by atoms with E-state index < -0.39 is 0 Å². The fraction of sp³-hybridized carbons (Fsp3) is 0.727. The van der Waals surface area contributed by atoms with Gasteiger partial charge in [-0.25, -0.2) is 0 Å². The molecule has 1 heterocycles. The monoisotopic (exact) mass is 210 g/mol. The Hall–Kier alpha value is -0.870. The highest BCUT2D eigenvalue weighted by Crippen LogP contribution is 2.27. The van der Waals surface area contributed by atoms with Crippen molar-refractivity contribution < 1.29 is 9.63 Å². The Bertz CT molecular complexity index is 279. The smallest absolute Gasteiger partial charge is 0.128 e. The van der Waals surface area contributed by atoms with E-state index in [9.17, 15) is 5.11 Å². The van der Waals surface area contributed by atoms with Crippen molar-refractivity contribution in [1.29, 1.82) is 0 Å². The third-order valence-electron chi connectivity index (χ3n) is 3.26. The molecule has 1 aliphatic carbocycles. The molecule has 0 bridgehead atoms. The van der Waals surface area contributed by atoms with Gasteiger partial charge in [-0.1, -0.05) is 24.4 Å². The average Bonchev–Trinajstić information content (AvgIpc) is 2.81. The van der Waals surface area contributed by atoms with Gasteiger partial charge in [0.1, 0.15) is 6.26 Å². The summed E-state index contributed by atoms with van der Waals surface area (Å²) in [4.78, 5) is 0. The van der Waals surface area contributed by atoms with Crippen LogP contribution in [0.5, 0.6) is 0 Å². The van der Waals surface area contributed by atoms with Crippen molar-refractivity contribution >= 4 is 0 Å². The molecule has 0 aliphatic heterocycles. The Labute approximate surface area is 89.7 Å². The molecule has 2 rings (SSSR count). The van der Waals surface area contributed by atoms with Crippen molar-refractivity contribution in [3.63, 3.8) is 0 Å². The summed E-state index contributed by atoms with van der Waals surface area (Å²) in [6.45, 7) is 0.947. The largest absolute Gasteiger partial charge is 0.394 e. The maximum absolute atomic E-state index is 9.47. The van der Waals surface area contributed by atoms with Crippen molar-refractivity contribution in [3.8, 4) is 0 Å². The van der Waals surface area contributed by atoms with Crippen LogP contribution >= 0.6 is 0 Å². The van der Waals surface area contributed by atoms with Gasteiger partial charge in [-0.05, 0) is 12.8 Å². The van der Waals surface area contributed by atoms with Crippen LogP contribution in [0.25, 0.3) is 0 Å². The van der Waals surface area contributed by atoms with E-state index in [0.717, 1.165) is 24.9 Å². The molecule has 0 saturated heterocycles. The summed E-state index contributed by atoms with van der Waals surface area (Å²) in [7, 11) is 0. The molecule has 2 N–H and O–H groups in total. The first-order valence-electron chi connectivity index (χ1n) is 5.59. The molecule has 0 spiro atoms. The highest BCUT2D eigenvalue weighted by Gasteiger charge is 2.30. The van der Waals surface area contributed by atoms with Crippen LogP contribution in [0.4, 0.5) is 0 Å². The van der Waals surface area contributed by atoms with Crippen LogP contribution in [-0.4, -0.2) is 22.4 Å². The molecule has 0 unspecified atom stereocenters. The predicted octanol–water partition coefficient (Wildman–Crippen LogP) is 1.46. The number of nitrogens with zero attached hydrogens (tertiary/aromatic N) is 1. The molecule has 4 nitrogen and oxygen atoms in total. The third kappa shape index (κ3) is 2.58. The summed E-state index contributed by atoms with van der Waals surface area (Å²) >= 11 is 0. The lowest BCUT2D eigenvalue weighted by Gasteiger charge is -2.36. The second-order valence-electron chi connectivity index (χ2n) is 4.39. The van der Waals surface area contributed by atoms with Gasteiger partial charge in [0.25, 0.3) is 0 Å². The van der Waals surface area contributed by atoms with Crippen molar-refractivity contribution in [2.75, 3.05) is 6.61 Å². The van der Waals surface area contributed by atoms with Crippen molar-refractivity contribution in [1.82, 2.24) is 10.5 Å². The Balaban J connectivity index is 1.89. The lowest BCUT2D eigenvalue weighted by molar-refractivity contribution is 0.119. The summed E-state index contributed by atoms with van der Waals surface area (Å²) in [5, 5.41) is 16.6. The molecular formula is C11H18N2O2. The second kappa shape index (κ2) is 4.77. The SMILES string of the molecule is OCC1(NCc2cnoc2)CCCCC1. The molecule has 1 aliphatic rings. The van der Waals surface area contributed by atoms with E-state index in [1.807, 2.05) is 0 Å². The Morgan fingerprint density at radius 1 is 1.40 bits per heavy atom. The summed E-state index contributed by atoms with van der Waals surface area (Å²) in [5.74, 6) is 0. The maximum atomic E-state index is 9.47. The standard InChI is InChI=1S/C11H18N2O2/c14-9-11(4-2-1-3-5-11)12-6-10-7-13-15-8-10/h7-8,12,14H,1-6,9H2. The Morgan fingerprint density at radius 3 is 2.80 bits per heavy atom. The van der Waals surface area contributed by atoms with Crippen LogP contribution < -0.4 is 5.32 Å². The molecule has 0 atom stereocenters. The minimum absolute atomic E-state index is 0.0739. The molecular weight excluding hydrogens is 192 g/mol. The van der Waals surface area contributed by atoms with Gasteiger partial charge in [0.15, 0.2) is 0 Å². The predicted molar refractivity (Wildman–Crippen MR) is 56.2 cm³/mol. The highest BCUT2D eigenvalue weighted by atomic mass is 16.5. The first kappa shape index (κ1) is 10.6. The van der Waals surface area contributed by atoms with Crippen LogP contribution in [-0.2, 0) is 6.54 Å². The van der Waals surface area contributed by atoms with E-state index in [-0.39, 0.29) is 12.1 Å². The Morgan fingerprint density at radius 2 is 2.20 bits per heavy atom. The molecule has 0 radical (unpaired) electrons. The molecule has 15 heavy (non-hydrogen) atoms. The molecule has 0 amide bonds. The van der Waals surface area contributed by atoms with Gasteiger partial charge in [-0.2, -0.15) is 0 Å². The number of nitrogens with one attached hydrogen (secondary N) is 1. The zero-order chi connectivity index (χ0) is 10.6. The Kier molecular flexibility index (Phi) is 3.38. The molecule has 1 fully saturated rings.